The van der Waals surface area contributed by atoms with Crippen LogP contribution in [0.15, 0.2) is 0 Å². The minimum atomic E-state index is -1.08. The first kappa shape index (κ1) is 14.9. The van der Waals surface area contributed by atoms with Crippen LogP contribution in [0.5, 0.6) is 0 Å². The Morgan fingerprint density at radius 3 is 2.44 bits per heavy atom. The number of aliphatic carboxylic acids is 1. The second-order valence-electron chi connectivity index (χ2n) is 4.85. The predicted molar refractivity (Wildman–Crippen MR) is 68.4 cm³/mol. The predicted octanol–water partition coefficient (Wildman–Crippen LogP) is -0.539. The van der Waals surface area contributed by atoms with Gasteiger partial charge in [-0.25, -0.2) is 0 Å². The maximum atomic E-state index is 11.4. The van der Waals surface area contributed by atoms with Crippen molar-refractivity contribution in [3.05, 3.63) is 0 Å². The summed E-state index contributed by atoms with van der Waals surface area (Å²) in [7, 11) is 2.12. The van der Waals surface area contributed by atoms with E-state index in [0.29, 0.717) is 6.54 Å². The molecule has 1 aliphatic rings. The molecule has 0 saturated carbocycles. The Morgan fingerprint density at radius 2 is 1.89 bits per heavy atom. The summed E-state index contributed by atoms with van der Waals surface area (Å²) < 4.78 is 0. The molecule has 2 N–H and O–H groups in total. The van der Waals surface area contributed by atoms with Crippen LogP contribution >= 0.6 is 0 Å². The first-order valence-corrected chi connectivity index (χ1v) is 6.42. The molecule has 1 atom stereocenters. The molecular weight excluding hydrogens is 234 g/mol. The fourth-order valence-electron chi connectivity index (χ4n) is 1.85. The molecule has 1 unspecified atom stereocenters. The highest BCUT2D eigenvalue weighted by atomic mass is 16.4. The van der Waals surface area contributed by atoms with Crippen molar-refractivity contribution >= 4 is 11.9 Å². The summed E-state index contributed by atoms with van der Waals surface area (Å²) in [4.78, 5) is 26.6. The van der Waals surface area contributed by atoms with E-state index in [1.54, 1.807) is 0 Å². The number of carbonyl (C=O) groups is 2. The van der Waals surface area contributed by atoms with E-state index >= 15 is 0 Å². The summed E-state index contributed by atoms with van der Waals surface area (Å²) >= 11 is 0. The molecule has 18 heavy (non-hydrogen) atoms. The van der Waals surface area contributed by atoms with Crippen molar-refractivity contribution in [1.29, 1.82) is 0 Å². The lowest BCUT2D eigenvalue weighted by atomic mass is 10.1. The minimum absolute atomic E-state index is 0.402. The van der Waals surface area contributed by atoms with Gasteiger partial charge in [-0.2, -0.15) is 0 Å². The Kier molecular flexibility index (Phi) is 6.07. The molecule has 0 bridgehead atoms. The summed E-state index contributed by atoms with van der Waals surface area (Å²) in [5.74, 6) is -2.44. The third-order valence-corrected chi connectivity index (χ3v) is 3.31. The van der Waals surface area contributed by atoms with Crippen LogP contribution < -0.4 is 5.32 Å². The molecule has 1 heterocycles. The van der Waals surface area contributed by atoms with Crippen molar-refractivity contribution in [2.75, 3.05) is 46.3 Å². The zero-order valence-electron chi connectivity index (χ0n) is 11.2. The molecule has 0 aromatic heterocycles. The van der Waals surface area contributed by atoms with Gasteiger partial charge in [0.1, 0.15) is 5.92 Å². The van der Waals surface area contributed by atoms with Crippen molar-refractivity contribution in [1.82, 2.24) is 15.1 Å². The first-order valence-electron chi connectivity index (χ1n) is 6.42. The van der Waals surface area contributed by atoms with Crippen LogP contribution in [0, 0.1) is 5.92 Å². The lowest BCUT2D eigenvalue weighted by Gasteiger charge is -2.32. The maximum Gasteiger partial charge on any atom is 0.315 e. The van der Waals surface area contributed by atoms with E-state index < -0.39 is 17.8 Å². The van der Waals surface area contributed by atoms with Crippen molar-refractivity contribution in [3.8, 4) is 0 Å². The molecule has 1 aliphatic heterocycles. The topological polar surface area (TPSA) is 72.9 Å². The summed E-state index contributed by atoms with van der Waals surface area (Å²) in [6.45, 7) is 7.20. The Morgan fingerprint density at radius 1 is 1.28 bits per heavy atom. The summed E-state index contributed by atoms with van der Waals surface area (Å²) in [6, 6.07) is 0. The van der Waals surface area contributed by atoms with Crippen LogP contribution in [0.25, 0.3) is 0 Å². The number of piperazine rings is 1. The maximum absolute atomic E-state index is 11.4. The van der Waals surface area contributed by atoms with Crippen LogP contribution in [-0.2, 0) is 9.59 Å². The van der Waals surface area contributed by atoms with Crippen molar-refractivity contribution in [2.24, 2.45) is 5.92 Å². The highest BCUT2D eigenvalue weighted by Crippen LogP contribution is 2.00. The number of carboxylic acids is 1. The van der Waals surface area contributed by atoms with Crippen LogP contribution in [0.1, 0.15) is 13.3 Å². The average Bonchev–Trinajstić information content (AvgIpc) is 2.35. The standard InChI is InChI=1S/C12H23N3O3/c1-10(12(17)18)11(16)13-4-3-5-15-8-6-14(2)7-9-15/h10H,3-9H2,1-2H3,(H,13,16)(H,17,18). The Hall–Kier alpha value is -1.14. The third-order valence-electron chi connectivity index (χ3n) is 3.31. The van der Waals surface area contributed by atoms with Gasteiger partial charge in [0.05, 0.1) is 0 Å². The number of hydrogen-bond acceptors (Lipinski definition) is 4. The number of nitrogens with one attached hydrogen (secondary N) is 1. The summed E-state index contributed by atoms with van der Waals surface area (Å²) in [5, 5.41) is 11.3. The van der Waals surface area contributed by atoms with E-state index in [1.165, 1.54) is 6.92 Å². The molecule has 0 aromatic rings. The Balaban J connectivity index is 2.08. The Bertz CT molecular complexity index is 288. The van der Waals surface area contributed by atoms with Crippen LogP contribution in [-0.4, -0.2) is 73.1 Å². The van der Waals surface area contributed by atoms with Crippen LogP contribution in [0.2, 0.25) is 0 Å². The quantitative estimate of drug-likeness (QED) is 0.494. The zero-order chi connectivity index (χ0) is 13.5. The molecule has 0 radical (unpaired) electrons. The lowest BCUT2D eigenvalue weighted by molar-refractivity contribution is -0.146. The van der Waals surface area contributed by atoms with Gasteiger partial charge in [0, 0.05) is 32.7 Å². The number of rotatable bonds is 6. The van der Waals surface area contributed by atoms with Gasteiger partial charge in [0.15, 0.2) is 0 Å². The van der Waals surface area contributed by atoms with Crippen LogP contribution in [0.3, 0.4) is 0 Å². The molecule has 0 spiro atoms. The summed E-state index contributed by atoms with van der Waals surface area (Å²) in [6.07, 6.45) is 0.863. The van der Waals surface area contributed by atoms with Gasteiger partial charge in [-0.1, -0.05) is 0 Å². The van der Waals surface area contributed by atoms with Crippen LogP contribution in [0.4, 0.5) is 0 Å². The number of carboxylic acid groups (broad SMARTS) is 1. The highest BCUT2D eigenvalue weighted by molar-refractivity contribution is 5.96. The van der Waals surface area contributed by atoms with Gasteiger partial charge in [-0.3, -0.25) is 9.59 Å². The highest BCUT2D eigenvalue weighted by Gasteiger charge is 2.19. The monoisotopic (exact) mass is 257 g/mol. The molecule has 6 heteroatoms. The fourth-order valence-corrected chi connectivity index (χ4v) is 1.85. The lowest BCUT2D eigenvalue weighted by Crippen LogP contribution is -2.45. The van der Waals surface area contributed by atoms with Gasteiger partial charge in [-0.15, -0.1) is 0 Å². The molecule has 104 valence electrons. The number of carbonyl (C=O) groups excluding carboxylic acids is 1. The van der Waals surface area contributed by atoms with E-state index in [2.05, 4.69) is 22.2 Å². The molecular formula is C12H23N3O3. The second kappa shape index (κ2) is 7.33. The molecule has 1 fully saturated rings. The number of amides is 1. The van der Waals surface area contributed by atoms with Gasteiger partial charge in [0.25, 0.3) is 0 Å². The molecule has 1 rings (SSSR count). The first-order chi connectivity index (χ1) is 8.50. The third kappa shape index (κ3) is 5.01. The molecule has 1 saturated heterocycles. The smallest absolute Gasteiger partial charge is 0.315 e. The number of hydrogen-bond donors (Lipinski definition) is 2. The summed E-state index contributed by atoms with van der Waals surface area (Å²) in [5.41, 5.74) is 0. The van der Waals surface area contributed by atoms with Gasteiger partial charge in [-0.05, 0) is 26.9 Å². The normalized spacial score (nSPS) is 19.4. The van der Waals surface area contributed by atoms with Crippen molar-refractivity contribution < 1.29 is 14.7 Å². The largest absolute Gasteiger partial charge is 0.481 e. The van der Waals surface area contributed by atoms with E-state index in [4.69, 9.17) is 5.11 Å². The second-order valence-corrected chi connectivity index (χ2v) is 4.85. The molecule has 1 amide bonds. The van der Waals surface area contributed by atoms with Crippen molar-refractivity contribution in [2.45, 2.75) is 13.3 Å². The SMILES string of the molecule is CC(C(=O)O)C(=O)NCCCN1CCN(C)CC1. The average molecular weight is 257 g/mol. The number of likely N-dealkylation sites (N-methyl/N-ethyl adjacent to an activating group) is 1. The van der Waals surface area contributed by atoms with Gasteiger partial charge < -0.3 is 20.2 Å². The minimum Gasteiger partial charge on any atom is -0.481 e. The molecule has 0 aliphatic carbocycles. The zero-order valence-corrected chi connectivity index (χ0v) is 11.2. The number of nitrogens with zero attached hydrogens (tertiary/aromatic N) is 2. The van der Waals surface area contributed by atoms with E-state index in [9.17, 15) is 9.59 Å². The van der Waals surface area contributed by atoms with Gasteiger partial charge in [0.2, 0.25) is 5.91 Å². The van der Waals surface area contributed by atoms with E-state index in [-0.39, 0.29) is 0 Å². The van der Waals surface area contributed by atoms with Crippen molar-refractivity contribution in [3.63, 3.8) is 0 Å². The van der Waals surface area contributed by atoms with E-state index in [0.717, 1.165) is 39.1 Å². The Labute approximate surface area is 108 Å². The van der Waals surface area contributed by atoms with E-state index in [1.807, 2.05) is 0 Å². The fraction of sp³-hybridized carbons (Fsp3) is 0.833. The molecule has 0 aromatic carbocycles. The van der Waals surface area contributed by atoms with Gasteiger partial charge >= 0.3 is 5.97 Å². The molecule has 6 nitrogen and oxygen atoms in total.